The molecule has 1 fully saturated rings. The number of carbonyl (C=O) groups is 3. The van der Waals surface area contributed by atoms with E-state index in [1.807, 2.05) is 62.1 Å². The predicted octanol–water partition coefficient (Wildman–Crippen LogP) is 6.51. The fourth-order valence-corrected chi connectivity index (χ4v) is 7.20. The number of benzene rings is 3. The van der Waals surface area contributed by atoms with Crippen molar-refractivity contribution < 1.29 is 23.9 Å². The summed E-state index contributed by atoms with van der Waals surface area (Å²) in [4.78, 5) is 46.1. The molecule has 0 N–H and O–H groups in total. The molecule has 2 heterocycles. The number of anilines is 1. The van der Waals surface area contributed by atoms with Gasteiger partial charge in [-0.2, -0.15) is 0 Å². The van der Waals surface area contributed by atoms with E-state index in [9.17, 15) is 14.4 Å². The minimum Gasteiger partial charge on any atom is -0.497 e. The fraction of sp³-hybridized carbons (Fsp3) is 0.303. The molecule has 1 spiro atoms. The van der Waals surface area contributed by atoms with Crippen molar-refractivity contribution in [1.82, 2.24) is 0 Å². The van der Waals surface area contributed by atoms with Gasteiger partial charge in [-0.15, -0.1) is 0 Å². The van der Waals surface area contributed by atoms with Crippen LogP contribution in [-0.4, -0.2) is 43.7 Å². The predicted molar refractivity (Wildman–Crippen MR) is 158 cm³/mol. The van der Waals surface area contributed by atoms with E-state index in [2.05, 4.69) is 15.9 Å². The zero-order valence-electron chi connectivity index (χ0n) is 23.0. The van der Waals surface area contributed by atoms with Gasteiger partial charge < -0.3 is 14.4 Å². The summed E-state index contributed by atoms with van der Waals surface area (Å²) in [6.07, 6.45) is 3.88. The van der Waals surface area contributed by atoms with Crippen LogP contribution in [0.4, 0.5) is 5.69 Å². The fourth-order valence-electron chi connectivity index (χ4n) is 6.82. The summed E-state index contributed by atoms with van der Waals surface area (Å²) in [5.41, 5.74) is 0.728. The van der Waals surface area contributed by atoms with Crippen molar-refractivity contribution in [2.45, 2.75) is 38.8 Å². The highest BCUT2D eigenvalue weighted by Gasteiger charge is 2.72. The first-order valence-electron chi connectivity index (χ1n) is 13.3. The number of hydrogen-bond acceptors (Lipinski definition) is 6. The first-order valence-corrected chi connectivity index (χ1v) is 14.1. The third-order valence-electron chi connectivity index (χ3n) is 8.55. The van der Waals surface area contributed by atoms with E-state index >= 15 is 0 Å². The summed E-state index contributed by atoms with van der Waals surface area (Å²) in [6.45, 7) is 5.64. The molecule has 0 aromatic heterocycles. The summed E-state index contributed by atoms with van der Waals surface area (Å²) in [5, 5.41) is 0. The summed E-state index contributed by atoms with van der Waals surface area (Å²) in [5.74, 6) is -0.410. The van der Waals surface area contributed by atoms with Gasteiger partial charge in [-0.25, -0.2) is 0 Å². The Morgan fingerprint density at radius 3 is 2.20 bits per heavy atom. The van der Waals surface area contributed by atoms with Crippen LogP contribution in [0.5, 0.6) is 11.5 Å². The molecule has 0 unspecified atom stereocenters. The molecule has 204 valence electrons. The monoisotopic (exact) mass is 599 g/mol. The number of rotatable bonds is 4. The van der Waals surface area contributed by atoms with Gasteiger partial charge in [0, 0.05) is 38.2 Å². The minimum atomic E-state index is -1.59. The Labute approximate surface area is 242 Å². The highest BCUT2D eigenvalue weighted by atomic mass is 79.9. The number of ketones is 3. The van der Waals surface area contributed by atoms with Crippen molar-refractivity contribution in [3.8, 4) is 11.5 Å². The largest absolute Gasteiger partial charge is 0.497 e. The van der Waals surface area contributed by atoms with Gasteiger partial charge in [-0.3, -0.25) is 14.4 Å². The van der Waals surface area contributed by atoms with Crippen LogP contribution in [-0.2, 0) is 4.79 Å². The zero-order valence-corrected chi connectivity index (χ0v) is 24.6. The molecule has 7 heteroatoms. The van der Waals surface area contributed by atoms with Gasteiger partial charge in [-0.1, -0.05) is 73.1 Å². The number of methoxy groups -OCH3 is 2. The lowest BCUT2D eigenvalue weighted by atomic mass is 9.63. The van der Waals surface area contributed by atoms with Gasteiger partial charge in [0.05, 0.1) is 26.3 Å². The van der Waals surface area contributed by atoms with Crippen LogP contribution >= 0.6 is 15.9 Å². The lowest BCUT2D eigenvalue weighted by Crippen LogP contribution is -2.49. The Bertz CT molecular complexity index is 1580. The molecule has 2 aliphatic heterocycles. The zero-order chi connectivity index (χ0) is 28.6. The third-order valence-corrected chi connectivity index (χ3v) is 9.04. The Morgan fingerprint density at radius 1 is 0.925 bits per heavy atom. The molecule has 0 amide bonds. The van der Waals surface area contributed by atoms with E-state index in [-0.39, 0.29) is 17.3 Å². The topological polar surface area (TPSA) is 72.9 Å². The van der Waals surface area contributed by atoms with Crippen LogP contribution in [0.2, 0.25) is 0 Å². The number of fused-ring (bicyclic) bond motifs is 5. The van der Waals surface area contributed by atoms with E-state index in [1.165, 1.54) is 0 Å². The van der Waals surface area contributed by atoms with Crippen LogP contribution in [0.15, 0.2) is 71.2 Å². The van der Waals surface area contributed by atoms with Gasteiger partial charge in [0.15, 0.2) is 17.3 Å². The van der Waals surface area contributed by atoms with Gasteiger partial charge in [0.1, 0.15) is 16.9 Å². The highest BCUT2D eigenvalue weighted by molar-refractivity contribution is 9.10. The quantitative estimate of drug-likeness (QED) is 0.318. The maximum Gasteiger partial charge on any atom is 0.180 e. The van der Waals surface area contributed by atoms with Crippen LogP contribution in [0.3, 0.4) is 0 Å². The Hall–Kier alpha value is -3.71. The number of nitrogens with zero attached hydrogens (tertiary/aromatic N) is 1. The molecule has 0 bridgehead atoms. The van der Waals surface area contributed by atoms with E-state index in [0.717, 1.165) is 15.7 Å². The molecule has 6 nitrogen and oxygen atoms in total. The van der Waals surface area contributed by atoms with E-state index in [0.29, 0.717) is 28.2 Å². The lowest BCUT2D eigenvalue weighted by Gasteiger charge is -2.38. The van der Waals surface area contributed by atoms with Crippen molar-refractivity contribution in [2.75, 3.05) is 19.1 Å². The molecular weight excluding hydrogens is 570 g/mol. The number of carbonyl (C=O) groups excluding carboxylic acids is 3. The van der Waals surface area contributed by atoms with E-state index in [4.69, 9.17) is 9.47 Å². The SMILES string of the molecule is COc1ccc(OC)c([C@@H]2[C@H](C(=O)C(C)(C)C)N3c4ccc(Br)cc4C=C[C@@H]3C23C(=O)c2ccccc2C3=O)c1. The Morgan fingerprint density at radius 2 is 1.60 bits per heavy atom. The smallest absolute Gasteiger partial charge is 0.180 e. The van der Waals surface area contributed by atoms with Gasteiger partial charge in [0.2, 0.25) is 0 Å². The first kappa shape index (κ1) is 26.5. The lowest BCUT2D eigenvalue weighted by molar-refractivity contribution is -0.127. The van der Waals surface area contributed by atoms with Crippen molar-refractivity contribution >= 4 is 45.0 Å². The van der Waals surface area contributed by atoms with Gasteiger partial charge in [0.25, 0.3) is 0 Å². The standard InChI is InChI=1S/C33H30BrNO5/c1-32(2,3)31(38)28-27(23-17-20(39-4)12-14-25(23)40-5)33(29(36)21-8-6-7-9-22(21)30(33)37)26-15-10-18-16-19(34)11-13-24(18)35(26)28/h6-17,26-28H,1-5H3/t26-,27-,28-/m1/s1. The first-order chi connectivity index (χ1) is 19.0. The van der Waals surface area contributed by atoms with Crippen molar-refractivity contribution in [2.24, 2.45) is 10.8 Å². The number of Topliss-reactive ketones (excluding diaryl/α,β-unsaturated/α-hetero) is 3. The average molecular weight is 601 g/mol. The van der Waals surface area contributed by atoms with Crippen LogP contribution in [0, 0.1) is 10.8 Å². The number of halogens is 1. The molecule has 0 saturated carbocycles. The number of hydrogen-bond donors (Lipinski definition) is 0. The van der Waals surface area contributed by atoms with Crippen LogP contribution in [0.25, 0.3) is 6.08 Å². The van der Waals surface area contributed by atoms with E-state index in [1.54, 1.807) is 50.6 Å². The van der Waals surface area contributed by atoms with Crippen molar-refractivity contribution in [3.05, 3.63) is 93.5 Å². The van der Waals surface area contributed by atoms with Crippen LogP contribution in [0.1, 0.15) is 58.5 Å². The van der Waals surface area contributed by atoms with Gasteiger partial charge >= 0.3 is 0 Å². The molecule has 3 aromatic carbocycles. The molecule has 0 radical (unpaired) electrons. The Kier molecular flexibility index (Phi) is 6.07. The Balaban J connectivity index is 1.74. The molecule has 6 rings (SSSR count). The second-order valence-electron chi connectivity index (χ2n) is 11.6. The third kappa shape index (κ3) is 3.49. The second-order valence-corrected chi connectivity index (χ2v) is 12.5. The summed E-state index contributed by atoms with van der Waals surface area (Å²) < 4.78 is 12.3. The second kappa shape index (κ2) is 9.16. The normalized spacial score (nSPS) is 22.2. The molecule has 1 aliphatic carbocycles. The molecular formula is C33H30BrNO5. The molecule has 3 aromatic rings. The molecule has 1 saturated heterocycles. The van der Waals surface area contributed by atoms with Crippen LogP contribution < -0.4 is 14.4 Å². The maximum atomic E-state index is 14.7. The van der Waals surface area contributed by atoms with Gasteiger partial charge in [-0.05, 0) is 42.0 Å². The molecule has 40 heavy (non-hydrogen) atoms. The molecule has 3 atom stereocenters. The van der Waals surface area contributed by atoms with Crippen molar-refractivity contribution in [1.29, 1.82) is 0 Å². The molecule has 3 aliphatic rings. The minimum absolute atomic E-state index is 0.0648. The maximum absolute atomic E-state index is 14.7. The average Bonchev–Trinajstić information content (AvgIpc) is 3.37. The van der Waals surface area contributed by atoms with E-state index < -0.39 is 28.8 Å². The number of ether oxygens (including phenoxy) is 2. The summed E-state index contributed by atoms with van der Waals surface area (Å²) in [7, 11) is 3.12. The highest BCUT2D eigenvalue weighted by Crippen LogP contribution is 2.62. The summed E-state index contributed by atoms with van der Waals surface area (Å²) >= 11 is 3.56. The summed E-state index contributed by atoms with van der Waals surface area (Å²) in [6, 6.07) is 16.7. The van der Waals surface area contributed by atoms with Crippen molar-refractivity contribution in [3.63, 3.8) is 0 Å².